The van der Waals surface area contributed by atoms with Gasteiger partial charge in [-0.25, -0.2) is 4.79 Å². The molecule has 7 heteroatoms. The van der Waals surface area contributed by atoms with Crippen molar-refractivity contribution in [3.05, 3.63) is 74.7 Å². The van der Waals surface area contributed by atoms with Crippen LogP contribution in [-0.4, -0.2) is 23.5 Å². The van der Waals surface area contributed by atoms with E-state index in [1.165, 1.54) is 0 Å². The minimum atomic E-state index is -1.42. The molecule has 0 heterocycles. The highest BCUT2D eigenvalue weighted by Gasteiger charge is 2.34. The Morgan fingerprint density at radius 1 is 1.20 bits per heavy atom. The molecule has 2 aromatic rings. The molecule has 2 unspecified atom stereocenters. The van der Waals surface area contributed by atoms with Crippen LogP contribution in [0.1, 0.15) is 24.9 Å². The van der Waals surface area contributed by atoms with Crippen molar-refractivity contribution in [2.24, 2.45) is 0 Å². The van der Waals surface area contributed by atoms with E-state index in [2.05, 4.69) is 21.2 Å². The van der Waals surface area contributed by atoms with E-state index in [9.17, 15) is 14.9 Å². The number of hydrogen-bond donors (Lipinski definition) is 1. The van der Waals surface area contributed by atoms with Crippen LogP contribution in [0.25, 0.3) is 0 Å². The van der Waals surface area contributed by atoms with E-state index >= 15 is 0 Å². The quantitative estimate of drug-likeness (QED) is 0.403. The lowest BCUT2D eigenvalue weighted by molar-refractivity contribution is -0.511. The summed E-state index contributed by atoms with van der Waals surface area (Å²) in [5.74, 6) is -0.814. The molecular weight excluding hydrogens is 388 g/mol. The maximum absolute atomic E-state index is 12.0. The van der Waals surface area contributed by atoms with Crippen LogP contribution in [0.4, 0.5) is 5.69 Å². The van der Waals surface area contributed by atoms with Gasteiger partial charge in [0.2, 0.25) is 0 Å². The summed E-state index contributed by atoms with van der Waals surface area (Å²) in [4.78, 5) is 22.7. The zero-order valence-corrected chi connectivity index (χ0v) is 15.3. The highest BCUT2D eigenvalue weighted by Crippen LogP contribution is 2.26. The number of anilines is 1. The first kappa shape index (κ1) is 18.9. The Labute approximate surface area is 154 Å². The second-order valence-electron chi connectivity index (χ2n) is 5.40. The number of benzene rings is 2. The number of nitrogens with zero attached hydrogens (tertiary/aromatic N) is 1. The first-order valence-corrected chi connectivity index (χ1v) is 8.67. The van der Waals surface area contributed by atoms with Crippen LogP contribution in [0.5, 0.6) is 0 Å². The number of rotatable bonds is 8. The van der Waals surface area contributed by atoms with Crippen LogP contribution in [0, 0.1) is 10.1 Å². The van der Waals surface area contributed by atoms with E-state index in [-0.39, 0.29) is 13.0 Å². The van der Waals surface area contributed by atoms with Crippen LogP contribution < -0.4 is 5.32 Å². The van der Waals surface area contributed by atoms with Gasteiger partial charge in [0.25, 0.3) is 0 Å². The Balaban J connectivity index is 2.25. The summed E-state index contributed by atoms with van der Waals surface area (Å²) >= 11 is 3.37. The lowest BCUT2D eigenvalue weighted by atomic mass is 9.99. The minimum absolute atomic E-state index is 0.00803. The summed E-state index contributed by atoms with van der Waals surface area (Å²) < 4.78 is 5.79. The van der Waals surface area contributed by atoms with Crippen molar-refractivity contribution >= 4 is 27.6 Å². The van der Waals surface area contributed by atoms with Gasteiger partial charge in [0.1, 0.15) is 0 Å². The maximum Gasteiger partial charge on any atom is 0.381 e. The van der Waals surface area contributed by atoms with Gasteiger partial charge in [0.05, 0.1) is 19.1 Å². The standard InChI is InChI=1S/C18H19BrN2O4/c1-2-25-18(22)17(21(23)24)12-16(13-6-4-3-5-7-13)20-15-10-8-14(19)9-11-15/h3-11,16-17,20H,2,12H2,1H3. The van der Waals surface area contributed by atoms with Gasteiger partial charge in [-0.3, -0.25) is 10.1 Å². The van der Waals surface area contributed by atoms with Gasteiger partial charge < -0.3 is 10.1 Å². The number of nitro groups is 1. The lowest BCUT2D eigenvalue weighted by Gasteiger charge is -2.21. The first-order chi connectivity index (χ1) is 12.0. The van der Waals surface area contributed by atoms with E-state index in [4.69, 9.17) is 4.74 Å². The molecule has 132 valence electrons. The third-order valence-electron chi connectivity index (χ3n) is 3.66. The molecule has 2 atom stereocenters. The van der Waals surface area contributed by atoms with Gasteiger partial charge >= 0.3 is 12.0 Å². The van der Waals surface area contributed by atoms with Crippen molar-refractivity contribution in [1.82, 2.24) is 0 Å². The van der Waals surface area contributed by atoms with Gasteiger partial charge in [-0.2, -0.15) is 0 Å². The number of carbonyl (C=O) groups is 1. The summed E-state index contributed by atoms with van der Waals surface area (Å²) in [6.45, 7) is 1.74. The molecule has 1 N–H and O–H groups in total. The Kier molecular flexibility index (Phi) is 6.94. The summed E-state index contributed by atoms with van der Waals surface area (Å²) in [7, 11) is 0. The van der Waals surface area contributed by atoms with Crippen LogP contribution in [0.3, 0.4) is 0 Å². The lowest BCUT2D eigenvalue weighted by Crippen LogP contribution is -2.34. The fourth-order valence-electron chi connectivity index (χ4n) is 2.44. The van der Waals surface area contributed by atoms with Gasteiger partial charge in [-0.05, 0) is 36.8 Å². The molecule has 0 fully saturated rings. The van der Waals surface area contributed by atoms with Crippen molar-refractivity contribution in [2.45, 2.75) is 25.4 Å². The molecular formula is C18H19BrN2O4. The highest BCUT2D eigenvalue weighted by molar-refractivity contribution is 9.10. The van der Waals surface area contributed by atoms with Crippen molar-refractivity contribution < 1.29 is 14.5 Å². The SMILES string of the molecule is CCOC(=O)C(CC(Nc1ccc(Br)cc1)c1ccccc1)[N+](=O)[O-]. The number of carbonyl (C=O) groups excluding carboxylic acids is 1. The highest BCUT2D eigenvalue weighted by atomic mass is 79.9. The second kappa shape index (κ2) is 9.17. The first-order valence-electron chi connectivity index (χ1n) is 7.88. The van der Waals surface area contributed by atoms with Gasteiger partial charge in [-0.15, -0.1) is 0 Å². The monoisotopic (exact) mass is 406 g/mol. The van der Waals surface area contributed by atoms with E-state index in [1.807, 2.05) is 54.6 Å². The molecule has 0 amide bonds. The van der Waals surface area contributed by atoms with Crippen molar-refractivity contribution in [1.29, 1.82) is 0 Å². The Morgan fingerprint density at radius 2 is 1.84 bits per heavy atom. The molecule has 0 spiro atoms. The van der Waals surface area contributed by atoms with E-state index < -0.39 is 23.0 Å². The average molecular weight is 407 g/mol. The molecule has 25 heavy (non-hydrogen) atoms. The summed E-state index contributed by atoms with van der Waals surface area (Å²) in [6, 6.07) is 15.0. The minimum Gasteiger partial charge on any atom is -0.461 e. The number of halogens is 1. The molecule has 0 saturated carbocycles. The van der Waals surface area contributed by atoms with Gasteiger partial charge in [0, 0.05) is 15.1 Å². The summed E-state index contributed by atoms with van der Waals surface area (Å²) in [5.41, 5.74) is 1.67. The Hall–Kier alpha value is -2.41. The maximum atomic E-state index is 12.0. The van der Waals surface area contributed by atoms with Crippen LogP contribution in [0.15, 0.2) is 59.1 Å². The molecule has 0 aliphatic heterocycles. The fraction of sp³-hybridized carbons (Fsp3) is 0.278. The predicted molar refractivity (Wildman–Crippen MR) is 99.0 cm³/mol. The topological polar surface area (TPSA) is 81.5 Å². The van der Waals surface area contributed by atoms with Gasteiger partial charge in [0.15, 0.2) is 0 Å². The molecule has 0 radical (unpaired) electrons. The zero-order valence-electron chi connectivity index (χ0n) is 13.7. The molecule has 0 bridgehead atoms. The van der Waals surface area contributed by atoms with E-state index in [0.717, 1.165) is 15.7 Å². The molecule has 6 nitrogen and oxygen atoms in total. The molecule has 2 rings (SSSR count). The normalized spacial score (nSPS) is 12.9. The van der Waals surface area contributed by atoms with Crippen LogP contribution in [-0.2, 0) is 9.53 Å². The fourth-order valence-corrected chi connectivity index (χ4v) is 2.71. The smallest absolute Gasteiger partial charge is 0.381 e. The predicted octanol–water partition coefficient (Wildman–Crippen LogP) is 4.20. The van der Waals surface area contributed by atoms with Crippen molar-refractivity contribution in [3.63, 3.8) is 0 Å². The van der Waals surface area contributed by atoms with Gasteiger partial charge in [-0.1, -0.05) is 46.3 Å². The number of esters is 1. The van der Waals surface area contributed by atoms with Crippen molar-refractivity contribution in [3.8, 4) is 0 Å². The summed E-state index contributed by atoms with van der Waals surface area (Å²) in [5, 5.41) is 14.6. The number of ether oxygens (including phenoxy) is 1. The van der Waals surface area contributed by atoms with Crippen LogP contribution in [0.2, 0.25) is 0 Å². The molecule has 0 aliphatic carbocycles. The molecule has 0 aliphatic rings. The summed E-state index contributed by atoms with van der Waals surface area (Å²) in [6.07, 6.45) is -0.00803. The second-order valence-corrected chi connectivity index (χ2v) is 6.32. The number of nitrogens with one attached hydrogen (secondary N) is 1. The third-order valence-corrected chi connectivity index (χ3v) is 4.19. The molecule has 0 saturated heterocycles. The van der Waals surface area contributed by atoms with E-state index in [0.29, 0.717) is 0 Å². The zero-order chi connectivity index (χ0) is 18.2. The Bertz CT molecular complexity index is 707. The van der Waals surface area contributed by atoms with Crippen molar-refractivity contribution in [2.75, 3.05) is 11.9 Å². The molecule has 2 aromatic carbocycles. The average Bonchev–Trinajstić information content (AvgIpc) is 2.60. The third kappa shape index (κ3) is 5.56. The largest absolute Gasteiger partial charge is 0.461 e. The Morgan fingerprint density at radius 3 is 2.40 bits per heavy atom. The number of hydrogen-bond acceptors (Lipinski definition) is 5. The molecule has 0 aromatic heterocycles. The van der Waals surface area contributed by atoms with Crippen LogP contribution >= 0.6 is 15.9 Å². The van der Waals surface area contributed by atoms with E-state index in [1.54, 1.807) is 6.92 Å².